The maximum Gasteiger partial charge on any atom is 0.257 e. The van der Waals surface area contributed by atoms with Crippen LogP contribution in [0.5, 0.6) is 11.5 Å². The monoisotopic (exact) mass is 355 g/mol. The Morgan fingerprint density at radius 1 is 1.12 bits per heavy atom. The van der Waals surface area contributed by atoms with Crippen molar-refractivity contribution in [1.29, 1.82) is 0 Å². The minimum Gasteiger partial charge on any atom is -0.497 e. The van der Waals surface area contributed by atoms with Gasteiger partial charge in [0.1, 0.15) is 18.1 Å². The summed E-state index contributed by atoms with van der Waals surface area (Å²) in [5, 5.41) is 11.9. The molecule has 1 aromatic heterocycles. The summed E-state index contributed by atoms with van der Waals surface area (Å²) in [6.07, 6.45) is 0. The fourth-order valence-corrected chi connectivity index (χ4v) is 2.78. The predicted molar refractivity (Wildman–Crippen MR) is 96.4 cm³/mol. The van der Waals surface area contributed by atoms with E-state index in [-0.39, 0.29) is 5.91 Å². The molecule has 0 aliphatic carbocycles. The fourth-order valence-electron chi connectivity index (χ4n) is 2.13. The van der Waals surface area contributed by atoms with Gasteiger partial charge in [-0.2, -0.15) is 0 Å². The van der Waals surface area contributed by atoms with Gasteiger partial charge in [0, 0.05) is 5.56 Å². The molecule has 0 radical (unpaired) electrons. The topological polar surface area (TPSA) is 73.3 Å². The average molecular weight is 355 g/mol. The number of para-hydroxylation sites is 1. The van der Waals surface area contributed by atoms with Gasteiger partial charge in [0.05, 0.1) is 7.11 Å². The summed E-state index contributed by atoms with van der Waals surface area (Å²) in [4.78, 5) is 12.2. The van der Waals surface area contributed by atoms with E-state index in [1.807, 2.05) is 31.2 Å². The second-order valence-electron chi connectivity index (χ2n) is 5.24. The summed E-state index contributed by atoms with van der Waals surface area (Å²) in [6.45, 7) is 2.29. The van der Waals surface area contributed by atoms with Crippen LogP contribution in [0.3, 0.4) is 0 Å². The van der Waals surface area contributed by atoms with E-state index in [0.717, 1.165) is 11.3 Å². The van der Waals surface area contributed by atoms with Gasteiger partial charge in [0.25, 0.3) is 5.91 Å². The van der Waals surface area contributed by atoms with E-state index >= 15 is 0 Å². The number of carbonyl (C=O) groups excluding carboxylic acids is 1. The highest BCUT2D eigenvalue weighted by Gasteiger charge is 2.11. The summed E-state index contributed by atoms with van der Waals surface area (Å²) in [5.41, 5.74) is 1.58. The van der Waals surface area contributed by atoms with Crippen molar-refractivity contribution in [2.45, 2.75) is 13.5 Å². The van der Waals surface area contributed by atoms with Crippen LogP contribution in [0.4, 0.5) is 5.13 Å². The molecule has 0 saturated heterocycles. The first-order valence-corrected chi connectivity index (χ1v) is 8.43. The number of benzene rings is 2. The van der Waals surface area contributed by atoms with Gasteiger partial charge in [-0.3, -0.25) is 10.1 Å². The van der Waals surface area contributed by atoms with Crippen molar-refractivity contribution in [3.05, 3.63) is 64.7 Å². The Morgan fingerprint density at radius 2 is 1.88 bits per heavy atom. The van der Waals surface area contributed by atoms with Gasteiger partial charge >= 0.3 is 0 Å². The van der Waals surface area contributed by atoms with Crippen molar-refractivity contribution in [3.63, 3.8) is 0 Å². The number of rotatable bonds is 6. The lowest BCUT2D eigenvalue weighted by Crippen LogP contribution is -2.11. The number of nitrogens with one attached hydrogen (secondary N) is 1. The summed E-state index contributed by atoms with van der Waals surface area (Å²) >= 11 is 1.28. The Balaban J connectivity index is 1.59. The van der Waals surface area contributed by atoms with E-state index in [2.05, 4.69) is 15.5 Å². The van der Waals surface area contributed by atoms with Crippen molar-refractivity contribution in [1.82, 2.24) is 10.2 Å². The fraction of sp³-hybridized carbons (Fsp3) is 0.167. The molecule has 0 unspecified atom stereocenters. The molecule has 1 heterocycles. The summed E-state index contributed by atoms with van der Waals surface area (Å²) < 4.78 is 10.8. The third kappa shape index (κ3) is 4.33. The lowest BCUT2D eigenvalue weighted by molar-refractivity contribution is 0.102. The van der Waals surface area contributed by atoms with Crippen molar-refractivity contribution in [2.24, 2.45) is 0 Å². The van der Waals surface area contributed by atoms with Gasteiger partial charge in [-0.25, -0.2) is 0 Å². The second-order valence-corrected chi connectivity index (χ2v) is 6.30. The third-order valence-corrected chi connectivity index (χ3v) is 4.30. The number of aromatic nitrogens is 2. The number of carbonyl (C=O) groups is 1. The van der Waals surface area contributed by atoms with E-state index in [0.29, 0.717) is 28.1 Å². The number of ether oxygens (including phenoxy) is 2. The van der Waals surface area contributed by atoms with E-state index < -0.39 is 0 Å². The van der Waals surface area contributed by atoms with Gasteiger partial charge in [0.15, 0.2) is 5.01 Å². The molecular weight excluding hydrogens is 338 g/mol. The third-order valence-electron chi connectivity index (χ3n) is 3.48. The predicted octanol–water partition coefficient (Wildman–Crippen LogP) is 3.69. The normalized spacial score (nSPS) is 10.3. The molecular formula is C18H17N3O3S. The molecule has 3 rings (SSSR count). The number of anilines is 1. The quantitative estimate of drug-likeness (QED) is 0.730. The molecule has 2 aromatic carbocycles. The molecule has 0 fully saturated rings. The zero-order chi connectivity index (χ0) is 17.6. The van der Waals surface area contributed by atoms with Crippen molar-refractivity contribution in [2.75, 3.05) is 12.4 Å². The van der Waals surface area contributed by atoms with Crippen LogP contribution in [0.2, 0.25) is 0 Å². The van der Waals surface area contributed by atoms with E-state index in [4.69, 9.17) is 9.47 Å². The van der Waals surface area contributed by atoms with Gasteiger partial charge in [-0.15, -0.1) is 10.2 Å². The first kappa shape index (κ1) is 16.9. The number of aryl methyl sites for hydroxylation is 1. The van der Waals surface area contributed by atoms with Gasteiger partial charge in [0.2, 0.25) is 5.13 Å². The van der Waals surface area contributed by atoms with Crippen LogP contribution in [0.15, 0.2) is 48.5 Å². The molecule has 1 amide bonds. The molecule has 0 bridgehead atoms. The molecule has 3 aromatic rings. The van der Waals surface area contributed by atoms with Gasteiger partial charge in [-0.05, 0) is 42.8 Å². The molecule has 25 heavy (non-hydrogen) atoms. The summed E-state index contributed by atoms with van der Waals surface area (Å²) in [7, 11) is 1.58. The smallest absolute Gasteiger partial charge is 0.257 e. The van der Waals surface area contributed by atoms with Gasteiger partial charge < -0.3 is 9.47 Å². The molecule has 6 nitrogen and oxygen atoms in total. The molecule has 0 aliphatic rings. The average Bonchev–Trinajstić information content (AvgIpc) is 3.08. The maximum absolute atomic E-state index is 12.2. The summed E-state index contributed by atoms with van der Waals surface area (Å²) in [5.74, 6) is 1.26. The number of hydrogen-bond donors (Lipinski definition) is 1. The molecule has 128 valence electrons. The first-order chi connectivity index (χ1) is 12.2. The first-order valence-electron chi connectivity index (χ1n) is 7.62. The number of hydrogen-bond acceptors (Lipinski definition) is 6. The molecule has 0 saturated carbocycles. The second kappa shape index (κ2) is 7.76. The van der Waals surface area contributed by atoms with Crippen LogP contribution in [0.1, 0.15) is 20.9 Å². The van der Waals surface area contributed by atoms with E-state index in [9.17, 15) is 4.79 Å². The highest BCUT2D eigenvalue weighted by atomic mass is 32.1. The van der Waals surface area contributed by atoms with Crippen molar-refractivity contribution >= 4 is 22.4 Å². The Kier molecular flexibility index (Phi) is 5.25. The van der Waals surface area contributed by atoms with E-state index in [1.54, 1.807) is 31.4 Å². The van der Waals surface area contributed by atoms with Crippen LogP contribution in [0, 0.1) is 6.92 Å². The zero-order valence-electron chi connectivity index (χ0n) is 13.9. The molecule has 0 atom stereocenters. The van der Waals surface area contributed by atoms with Crippen LogP contribution < -0.4 is 14.8 Å². The lowest BCUT2D eigenvalue weighted by atomic mass is 10.2. The molecule has 1 N–H and O–H groups in total. The highest BCUT2D eigenvalue weighted by molar-refractivity contribution is 7.15. The van der Waals surface area contributed by atoms with Crippen molar-refractivity contribution < 1.29 is 14.3 Å². The Morgan fingerprint density at radius 3 is 2.60 bits per heavy atom. The zero-order valence-corrected chi connectivity index (χ0v) is 14.7. The van der Waals surface area contributed by atoms with Crippen molar-refractivity contribution in [3.8, 4) is 11.5 Å². The number of methoxy groups -OCH3 is 1. The molecule has 0 spiro atoms. The Bertz CT molecular complexity index is 862. The SMILES string of the molecule is COc1ccc(C(=O)Nc2nnc(COc3ccccc3C)s2)cc1. The number of nitrogens with zero attached hydrogens (tertiary/aromatic N) is 2. The minimum absolute atomic E-state index is 0.245. The Hall–Kier alpha value is -2.93. The van der Waals surface area contributed by atoms with Crippen LogP contribution in [0.25, 0.3) is 0 Å². The largest absolute Gasteiger partial charge is 0.497 e. The molecule has 7 heteroatoms. The minimum atomic E-state index is -0.245. The van der Waals surface area contributed by atoms with Crippen LogP contribution in [-0.2, 0) is 6.61 Å². The van der Waals surface area contributed by atoms with Crippen LogP contribution >= 0.6 is 11.3 Å². The number of amides is 1. The lowest BCUT2D eigenvalue weighted by Gasteiger charge is -2.06. The molecule has 0 aliphatic heterocycles. The maximum atomic E-state index is 12.2. The standard InChI is InChI=1S/C18H17N3O3S/c1-12-5-3-4-6-15(12)24-11-16-20-21-18(25-16)19-17(22)13-7-9-14(23-2)10-8-13/h3-10H,11H2,1-2H3,(H,19,21,22). The Labute approximate surface area is 149 Å². The van der Waals surface area contributed by atoms with Gasteiger partial charge in [-0.1, -0.05) is 29.5 Å². The highest BCUT2D eigenvalue weighted by Crippen LogP contribution is 2.21. The summed E-state index contributed by atoms with van der Waals surface area (Å²) in [6, 6.07) is 14.6. The van der Waals surface area contributed by atoms with E-state index in [1.165, 1.54) is 11.3 Å². The van der Waals surface area contributed by atoms with Crippen LogP contribution in [-0.4, -0.2) is 23.2 Å².